The fourth-order valence-corrected chi connectivity index (χ4v) is 3.39. The van der Waals surface area contributed by atoms with Crippen molar-refractivity contribution in [2.45, 2.75) is 18.9 Å². The third kappa shape index (κ3) is 2.84. The van der Waals surface area contributed by atoms with Gasteiger partial charge in [0.2, 0.25) is 5.95 Å². The first kappa shape index (κ1) is 14.3. The number of hydrogen-bond donors (Lipinski definition) is 1. The van der Waals surface area contributed by atoms with Crippen molar-refractivity contribution in [1.82, 2.24) is 20.2 Å². The standard InChI is InChI=1S/C16H17FN4O2/c17-14-2-1-11(7-18-14)13-8-19-16(23-13)15(22)20-12-9-21-5-3-10(12)4-6-21/h1-2,7-8,10,12H,3-6,9H2,(H,20,22)/t12-/m0/s1. The summed E-state index contributed by atoms with van der Waals surface area (Å²) in [5.74, 6) is 0.107. The number of hydrogen-bond acceptors (Lipinski definition) is 5. The molecule has 0 aromatic carbocycles. The maximum Gasteiger partial charge on any atom is 0.307 e. The average molecular weight is 316 g/mol. The summed E-state index contributed by atoms with van der Waals surface area (Å²) in [6, 6.07) is 2.94. The topological polar surface area (TPSA) is 71.3 Å². The molecule has 5 heterocycles. The highest BCUT2D eigenvalue weighted by atomic mass is 19.1. The minimum absolute atomic E-state index is 0.0285. The van der Waals surface area contributed by atoms with Gasteiger partial charge in [0, 0.05) is 24.3 Å². The molecule has 23 heavy (non-hydrogen) atoms. The van der Waals surface area contributed by atoms with Crippen LogP contribution in [0.1, 0.15) is 23.5 Å². The smallest absolute Gasteiger partial charge is 0.307 e. The number of carbonyl (C=O) groups excluding carboxylic acids is 1. The van der Waals surface area contributed by atoms with Gasteiger partial charge >= 0.3 is 5.91 Å². The number of piperidine rings is 3. The molecule has 0 saturated carbocycles. The lowest BCUT2D eigenvalue weighted by molar-refractivity contribution is 0.0602. The zero-order valence-electron chi connectivity index (χ0n) is 12.5. The molecule has 2 aromatic heterocycles. The molecular formula is C16H17FN4O2. The number of rotatable bonds is 3. The van der Waals surface area contributed by atoms with Gasteiger partial charge in [-0.15, -0.1) is 0 Å². The minimum atomic E-state index is -0.561. The van der Waals surface area contributed by atoms with Crippen LogP contribution in [0.25, 0.3) is 11.3 Å². The molecule has 1 amide bonds. The summed E-state index contributed by atoms with van der Waals surface area (Å²) in [7, 11) is 0. The summed E-state index contributed by atoms with van der Waals surface area (Å²) in [6.07, 6.45) is 5.07. The predicted molar refractivity (Wildman–Crippen MR) is 80.1 cm³/mol. The Morgan fingerprint density at radius 2 is 2.09 bits per heavy atom. The first-order valence-electron chi connectivity index (χ1n) is 7.80. The van der Waals surface area contributed by atoms with Crippen molar-refractivity contribution in [3.05, 3.63) is 36.4 Å². The number of pyridine rings is 1. The number of halogens is 1. The minimum Gasteiger partial charge on any atom is -0.432 e. The van der Waals surface area contributed by atoms with E-state index in [1.165, 1.54) is 24.5 Å². The quantitative estimate of drug-likeness (QED) is 0.873. The second-order valence-corrected chi connectivity index (χ2v) is 6.12. The summed E-state index contributed by atoms with van der Waals surface area (Å²) in [5.41, 5.74) is 0.584. The van der Waals surface area contributed by atoms with Crippen molar-refractivity contribution < 1.29 is 13.6 Å². The zero-order chi connectivity index (χ0) is 15.8. The number of amides is 1. The van der Waals surface area contributed by atoms with Gasteiger partial charge in [-0.2, -0.15) is 4.39 Å². The normalized spacial score (nSPS) is 26.2. The maximum absolute atomic E-state index is 12.8. The monoisotopic (exact) mass is 316 g/mol. The van der Waals surface area contributed by atoms with Crippen LogP contribution in [0.15, 0.2) is 28.9 Å². The Kier molecular flexibility index (Phi) is 3.57. The molecule has 5 rings (SSSR count). The third-order valence-corrected chi connectivity index (χ3v) is 4.68. The Morgan fingerprint density at radius 3 is 2.74 bits per heavy atom. The van der Waals surface area contributed by atoms with E-state index in [0.717, 1.165) is 32.5 Å². The number of carbonyl (C=O) groups is 1. The van der Waals surface area contributed by atoms with Crippen LogP contribution in [0.2, 0.25) is 0 Å². The van der Waals surface area contributed by atoms with Gasteiger partial charge in [0.25, 0.3) is 5.89 Å². The lowest BCUT2D eigenvalue weighted by Gasteiger charge is -2.44. The number of nitrogens with zero attached hydrogens (tertiary/aromatic N) is 3. The Balaban J connectivity index is 1.46. The highest BCUT2D eigenvalue weighted by Crippen LogP contribution is 2.28. The number of nitrogens with one attached hydrogen (secondary N) is 1. The molecule has 6 nitrogen and oxygen atoms in total. The molecule has 3 fully saturated rings. The van der Waals surface area contributed by atoms with Crippen molar-refractivity contribution in [2.75, 3.05) is 19.6 Å². The highest BCUT2D eigenvalue weighted by molar-refractivity contribution is 5.90. The first-order chi connectivity index (χ1) is 11.2. The van der Waals surface area contributed by atoms with Crippen LogP contribution in [0, 0.1) is 11.9 Å². The van der Waals surface area contributed by atoms with Gasteiger partial charge in [0.05, 0.1) is 6.20 Å². The van der Waals surface area contributed by atoms with Gasteiger partial charge in [-0.1, -0.05) is 0 Å². The fourth-order valence-electron chi connectivity index (χ4n) is 3.39. The average Bonchev–Trinajstić information content (AvgIpc) is 3.07. The van der Waals surface area contributed by atoms with E-state index in [9.17, 15) is 9.18 Å². The predicted octanol–water partition coefficient (Wildman–Crippen LogP) is 1.70. The van der Waals surface area contributed by atoms with Gasteiger partial charge in [-0.25, -0.2) is 9.97 Å². The van der Waals surface area contributed by atoms with Gasteiger partial charge in [-0.05, 0) is 44.0 Å². The van der Waals surface area contributed by atoms with Crippen molar-refractivity contribution in [1.29, 1.82) is 0 Å². The van der Waals surface area contributed by atoms with E-state index < -0.39 is 5.95 Å². The molecule has 0 radical (unpaired) electrons. The summed E-state index contributed by atoms with van der Waals surface area (Å²) in [5, 5.41) is 3.03. The van der Waals surface area contributed by atoms with Crippen LogP contribution in [0.4, 0.5) is 4.39 Å². The summed E-state index contributed by atoms with van der Waals surface area (Å²) >= 11 is 0. The zero-order valence-corrected chi connectivity index (χ0v) is 12.5. The third-order valence-electron chi connectivity index (χ3n) is 4.68. The Morgan fingerprint density at radius 1 is 1.26 bits per heavy atom. The molecule has 7 heteroatoms. The van der Waals surface area contributed by atoms with Crippen LogP contribution in [-0.2, 0) is 0 Å². The second-order valence-electron chi connectivity index (χ2n) is 6.12. The van der Waals surface area contributed by atoms with Crippen molar-refractivity contribution in [3.8, 4) is 11.3 Å². The van der Waals surface area contributed by atoms with Gasteiger partial charge < -0.3 is 14.6 Å². The Labute approximate surface area is 132 Å². The molecule has 0 spiro atoms. The van der Waals surface area contributed by atoms with Crippen LogP contribution < -0.4 is 5.32 Å². The van der Waals surface area contributed by atoms with E-state index in [1.807, 2.05) is 0 Å². The van der Waals surface area contributed by atoms with Crippen LogP contribution >= 0.6 is 0 Å². The molecule has 2 bridgehead atoms. The molecular weight excluding hydrogens is 299 g/mol. The second kappa shape index (κ2) is 5.73. The highest BCUT2D eigenvalue weighted by Gasteiger charge is 2.35. The lowest BCUT2D eigenvalue weighted by Crippen LogP contribution is -2.57. The van der Waals surface area contributed by atoms with Crippen molar-refractivity contribution >= 4 is 5.91 Å². The summed E-state index contributed by atoms with van der Waals surface area (Å²) < 4.78 is 18.3. The van der Waals surface area contributed by atoms with Crippen LogP contribution in [-0.4, -0.2) is 46.5 Å². The molecule has 0 unspecified atom stereocenters. The largest absolute Gasteiger partial charge is 0.432 e. The molecule has 2 aromatic rings. The molecule has 3 aliphatic heterocycles. The van der Waals surface area contributed by atoms with Gasteiger partial charge in [0.1, 0.15) is 0 Å². The summed E-state index contributed by atoms with van der Waals surface area (Å²) in [4.78, 5) is 22.3. The molecule has 1 atom stereocenters. The first-order valence-corrected chi connectivity index (χ1v) is 7.80. The van der Waals surface area contributed by atoms with E-state index in [2.05, 4.69) is 20.2 Å². The van der Waals surface area contributed by atoms with E-state index in [-0.39, 0.29) is 17.8 Å². The summed E-state index contributed by atoms with van der Waals surface area (Å²) in [6.45, 7) is 3.14. The van der Waals surface area contributed by atoms with Crippen molar-refractivity contribution in [2.24, 2.45) is 5.92 Å². The molecule has 0 aliphatic carbocycles. The van der Waals surface area contributed by atoms with Crippen LogP contribution in [0.5, 0.6) is 0 Å². The Hall–Kier alpha value is -2.28. The van der Waals surface area contributed by atoms with Crippen LogP contribution in [0.3, 0.4) is 0 Å². The lowest BCUT2D eigenvalue weighted by atomic mass is 9.84. The Bertz CT molecular complexity index is 707. The molecule has 1 N–H and O–H groups in total. The van der Waals surface area contributed by atoms with E-state index in [1.54, 1.807) is 0 Å². The number of oxazole rings is 1. The van der Waals surface area contributed by atoms with E-state index in [0.29, 0.717) is 17.2 Å². The molecule has 3 saturated heterocycles. The fraction of sp³-hybridized carbons (Fsp3) is 0.438. The number of fused-ring (bicyclic) bond motifs is 3. The number of aromatic nitrogens is 2. The maximum atomic E-state index is 12.8. The van der Waals surface area contributed by atoms with E-state index in [4.69, 9.17) is 4.42 Å². The molecule has 120 valence electrons. The van der Waals surface area contributed by atoms with Gasteiger partial charge in [-0.3, -0.25) is 4.79 Å². The van der Waals surface area contributed by atoms with Crippen molar-refractivity contribution in [3.63, 3.8) is 0 Å². The van der Waals surface area contributed by atoms with E-state index >= 15 is 0 Å². The van der Waals surface area contributed by atoms with Gasteiger partial charge in [0.15, 0.2) is 5.76 Å². The molecule has 3 aliphatic rings. The SMILES string of the molecule is O=C(N[C@H]1CN2CCC1CC2)c1ncc(-c2ccc(F)nc2)o1.